The smallest absolute Gasteiger partial charge is 0.419 e. The lowest BCUT2D eigenvalue weighted by Crippen LogP contribution is -2.23. The number of hydrogen-bond acceptors (Lipinski definition) is 7. The molecule has 10 heteroatoms. The molecule has 0 atom stereocenters. The number of anilines is 1. The third-order valence-electron chi connectivity index (χ3n) is 5.58. The quantitative estimate of drug-likeness (QED) is 0.388. The minimum atomic E-state index is -0.430. The number of nitrogens with zero attached hydrogens (tertiary/aromatic N) is 4. The fraction of sp³-hybridized carbons (Fsp3) is 0.280. The lowest BCUT2D eigenvalue weighted by Gasteiger charge is -2.10. The molecule has 0 bridgehead atoms. The van der Waals surface area contributed by atoms with Crippen LogP contribution >= 0.6 is 0 Å². The second-order valence-corrected chi connectivity index (χ2v) is 8.28. The minimum Gasteiger partial charge on any atom is -0.462 e. The SMILES string of the molecule is CCOC(=O)c1cnn(-c2ccc(C(=O)Nc3ccc4oc(=O)n(CCN(C)C)c4c3)cc2)c1C. The number of esters is 1. The number of rotatable bonds is 8. The van der Waals surface area contributed by atoms with E-state index in [0.29, 0.717) is 52.4 Å². The maximum atomic E-state index is 12.8. The second-order valence-electron chi connectivity index (χ2n) is 8.28. The minimum absolute atomic E-state index is 0.287. The molecule has 2 aromatic heterocycles. The predicted molar refractivity (Wildman–Crippen MR) is 131 cm³/mol. The summed E-state index contributed by atoms with van der Waals surface area (Å²) in [5, 5.41) is 7.14. The van der Waals surface area contributed by atoms with Crippen molar-refractivity contribution in [2.45, 2.75) is 20.4 Å². The van der Waals surface area contributed by atoms with Crippen LogP contribution in [-0.4, -0.2) is 58.4 Å². The molecular formula is C25H27N5O5. The first kappa shape index (κ1) is 24.0. The molecule has 2 heterocycles. The van der Waals surface area contributed by atoms with Crippen molar-refractivity contribution in [2.75, 3.05) is 32.6 Å². The van der Waals surface area contributed by atoms with Gasteiger partial charge in [0.1, 0.15) is 5.56 Å². The van der Waals surface area contributed by atoms with E-state index < -0.39 is 11.7 Å². The third-order valence-corrected chi connectivity index (χ3v) is 5.58. The highest BCUT2D eigenvalue weighted by molar-refractivity contribution is 6.05. The van der Waals surface area contributed by atoms with Crippen molar-refractivity contribution in [2.24, 2.45) is 0 Å². The van der Waals surface area contributed by atoms with E-state index in [4.69, 9.17) is 9.15 Å². The van der Waals surface area contributed by atoms with Crippen LogP contribution in [0.25, 0.3) is 16.8 Å². The van der Waals surface area contributed by atoms with Crippen molar-refractivity contribution in [3.8, 4) is 5.69 Å². The van der Waals surface area contributed by atoms with E-state index >= 15 is 0 Å². The van der Waals surface area contributed by atoms with E-state index in [9.17, 15) is 14.4 Å². The number of aromatic nitrogens is 3. The Balaban J connectivity index is 1.51. The molecular weight excluding hydrogens is 450 g/mol. The van der Waals surface area contributed by atoms with Gasteiger partial charge in [-0.25, -0.2) is 14.3 Å². The summed E-state index contributed by atoms with van der Waals surface area (Å²) in [6.45, 7) is 4.97. The van der Waals surface area contributed by atoms with E-state index in [1.807, 2.05) is 19.0 Å². The Morgan fingerprint density at radius 1 is 1.14 bits per heavy atom. The van der Waals surface area contributed by atoms with Crippen LogP contribution in [-0.2, 0) is 11.3 Å². The molecule has 0 spiro atoms. The molecule has 0 aliphatic heterocycles. The fourth-order valence-corrected chi connectivity index (χ4v) is 3.69. The van der Waals surface area contributed by atoms with E-state index in [1.54, 1.807) is 65.6 Å². The number of carbonyl (C=O) groups excluding carboxylic acids is 2. The monoisotopic (exact) mass is 477 g/mol. The van der Waals surface area contributed by atoms with Gasteiger partial charge in [0.25, 0.3) is 5.91 Å². The molecule has 35 heavy (non-hydrogen) atoms. The number of fused-ring (bicyclic) bond motifs is 1. The maximum Gasteiger partial charge on any atom is 0.419 e. The molecule has 0 aliphatic rings. The Kier molecular flexibility index (Phi) is 6.83. The first-order chi connectivity index (χ1) is 16.8. The third kappa shape index (κ3) is 5.02. The molecule has 0 radical (unpaired) electrons. The average Bonchev–Trinajstić information content (AvgIpc) is 3.36. The van der Waals surface area contributed by atoms with Crippen LogP contribution in [0.1, 0.15) is 33.3 Å². The van der Waals surface area contributed by atoms with Crippen LogP contribution in [0.2, 0.25) is 0 Å². The summed E-state index contributed by atoms with van der Waals surface area (Å²) >= 11 is 0. The van der Waals surface area contributed by atoms with Crippen molar-refractivity contribution in [1.29, 1.82) is 0 Å². The summed E-state index contributed by atoms with van der Waals surface area (Å²) in [6, 6.07) is 12.0. The molecule has 0 aliphatic carbocycles. The van der Waals surface area contributed by atoms with Crippen molar-refractivity contribution in [3.63, 3.8) is 0 Å². The summed E-state index contributed by atoms with van der Waals surface area (Å²) < 4.78 is 13.5. The molecule has 0 saturated heterocycles. The molecule has 4 aromatic rings. The van der Waals surface area contributed by atoms with Gasteiger partial charge in [0.2, 0.25) is 0 Å². The summed E-state index contributed by atoms with van der Waals surface area (Å²) in [7, 11) is 3.86. The molecule has 10 nitrogen and oxygen atoms in total. The molecule has 0 saturated carbocycles. The summed E-state index contributed by atoms with van der Waals surface area (Å²) in [6.07, 6.45) is 1.47. The van der Waals surface area contributed by atoms with Crippen molar-refractivity contribution < 1.29 is 18.7 Å². The van der Waals surface area contributed by atoms with Crippen LogP contribution in [0.4, 0.5) is 5.69 Å². The van der Waals surface area contributed by atoms with Crippen LogP contribution in [0.3, 0.4) is 0 Å². The normalized spacial score (nSPS) is 11.2. The summed E-state index contributed by atoms with van der Waals surface area (Å²) in [5.41, 5.74) is 3.83. The van der Waals surface area contributed by atoms with Crippen LogP contribution in [0.15, 0.2) is 57.9 Å². The zero-order valence-electron chi connectivity index (χ0n) is 20.1. The highest BCUT2D eigenvalue weighted by Gasteiger charge is 2.17. The Labute approximate surface area is 201 Å². The Morgan fingerprint density at radius 3 is 2.57 bits per heavy atom. The van der Waals surface area contributed by atoms with Gasteiger partial charge in [-0.05, 0) is 70.4 Å². The number of nitrogens with one attached hydrogen (secondary N) is 1. The van der Waals surface area contributed by atoms with Crippen LogP contribution in [0.5, 0.6) is 0 Å². The lowest BCUT2D eigenvalue weighted by molar-refractivity contribution is 0.0525. The molecule has 0 fully saturated rings. The molecule has 1 N–H and O–H groups in total. The maximum absolute atomic E-state index is 12.8. The van der Waals surface area contributed by atoms with E-state index in [1.165, 1.54) is 6.20 Å². The number of amides is 1. The predicted octanol–water partition coefficient (Wildman–Crippen LogP) is 3.08. The van der Waals surface area contributed by atoms with Gasteiger partial charge < -0.3 is 19.4 Å². The number of benzene rings is 2. The first-order valence-electron chi connectivity index (χ1n) is 11.2. The zero-order chi connectivity index (χ0) is 25.1. The molecule has 4 rings (SSSR count). The topological polar surface area (TPSA) is 112 Å². The van der Waals surface area contributed by atoms with Gasteiger partial charge in [-0.3, -0.25) is 9.36 Å². The largest absolute Gasteiger partial charge is 0.462 e. The molecule has 1 amide bonds. The first-order valence-corrected chi connectivity index (χ1v) is 11.2. The molecule has 2 aromatic carbocycles. The second kappa shape index (κ2) is 9.98. The van der Waals surface area contributed by atoms with Crippen molar-refractivity contribution in [1.82, 2.24) is 19.2 Å². The van der Waals surface area contributed by atoms with Gasteiger partial charge in [0.05, 0.1) is 29.7 Å². The van der Waals surface area contributed by atoms with Crippen LogP contribution in [0, 0.1) is 6.92 Å². The lowest BCUT2D eigenvalue weighted by atomic mass is 10.1. The van der Waals surface area contributed by atoms with E-state index in [0.717, 1.165) is 0 Å². The summed E-state index contributed by atoms with van der Waals surface area (Å²) in [4.78, 5) is 39.1. The Morgan fingerprint density at radius 2 is 1.89 bits per heavy atom. The fourth-order valence-electron chi connectivity index (χ4n) is 3.69. The van der Waals surface area contributed by atoms with Gasteiger partial charge in [0, 0.05) is 24.3 Å². The summed E-state index contributed by atoms with van der Waals surface area (Å²) in [5.74, 6) is -1.15. The van der Waals surface area contributed by atoms with Gasteiger partial charge >= 0.3 is 11.7 Å². The Hall–Kier alpha value is -4.18. The number of hydrogen-bond donors (Lipinski definition) is 1. The number of ether oxygens (including phenoxy) is 1. The van der Waals surface area contributed by atoms with Gasteiger partial charge in [-0.2, -0.15) is 5.10 Å². The number of likely N-dealkylation sites (N-methyl/N-ethyl adjacent to an activating group) is 1. The Bertz CT molecular complexity index is 1430. The zero-order valence-corrected chi connectivity index (χ0v) is 20.1. The number of carbonyl (C=O) groups is 2. The molecule has 182 valence electrons. The van der Waals surface area contributed by atoms with Gasteiger partial charge in [0.15, 0.2) is 5.58 Å². The highest BCUT2D eigenvalue weighted by Crippen LogP contribution is 2.20. The average molecular weight is 478 g/mol. The van der Waals surface area contributed by atoms with E-state index in [-0.39, 0.29) is 12.5 Å². The van der Waals surface area contributed by atoms with Gasteiger partial charge in [-0.1, -0.05) is 0 Å². The standard InChI is InChI=1S/C25H27N5O5/c1-5-34-24(32)20-15-26-30(16(20)2)19-9-6-17(7-10-19)23(31)27-18-8-11-22-21(14-18)29(25(33)35-22)13-12-28(3)4/h6-11,14-15H,5,12-13H2,1-4H3,(H,27,31). The van der Waals surface area contributed by atoms with Crippen molar-refractivity contribution >= 4 is 28.7 Å². The molecule has 0 unspecified atom stereocenters. The number of oxazole rings is 1. The van der Waals surface area contributed by atoms with Gasteiger partial charge in [-0.15, -0.1) is 0 Å². The van der Waals surface area contributed by atoms with Crippen LogP contribution < -0.4 is 11.1 Å². The van der Waals surface area contributed by atoms with Crippen molar-refractivity contribution in [3.05, 3.63) is 76.0 Å². The van der Waals surface area contributed by atoms with E-state index in [2.05, 4.69) is 10.4 Å². The highest BCUT2D eigenvalue weighted by atomic mass is 16.5.